The first kappa shape index (κ1) is 17.5. The van der Waals surface area contributed by atoms with Gasteiger partial charge in [-0.3, -0.25) is 0 Å². The molecule has 1 aromatic heterocycles. The van der Waals surface area contributed by atoms with Gasteiger partial charge in [0.1, 0.15) is 0 Å². The minimum absolute atomic E-state index is 0.395. The lowest BCUT2D eigenvalue weighted by Crippen LogP contribution is -2.08. The molecule has 1 heterocycles. The van der Waals surface area contributed by atoms with Gasteiger partial charge in [0, 0.05) is 16.6 Å². The Morgan fingerprint density at radius 1 is 1.17 bits per heavy atom. The lowest BCUT2D eigenvalue weighted by Gasteiger charge is -2.23. The van der Waals surface area contributed by atoms with Crippen LogP contribution in [0.25, 0.3) is 10.9 Å². The maximum absolute atomic E-state index is 9.83. The Morgan fingerprint density at radius 2 is 1.96 bits per heavy atom. The van der Waals surface area contributed by atoms with Crippen molar-refractivity contribution in [3.63, 3.8) is 0 Å². The van der Waals surface area contributed by atoms with E-state index >= 15 is 0 Å². The number of nitrogens with one attached hydrogen (secondary N) is 1. The zero-order chi connectivity index (χ0) is 16.9. The second kappa shape index (κ2) is 8.20. The Kier molecular flexibility index (Phi) is 5.99. The summed E-state index contributed by atoms with van der Waals surface area (Å²) in [6.07, 6.45) is 13.1. The SMILES string of the molecule is CCCCCCCCC1CCCc2[nH]c3cc(C(C)O)ccc3c21. The van der Waals surface area contributed by atoms with Crippen molar-refractivity contribution >= 4 is 10.9 Å². The number of benzene rings is 1. The minimum Gasteiger partial charge on any atom is -0.389 e. The average molecular weight is 328 g/mol. The van der Waals surface area contributed by atoms with Crippen LogP contribution in [-0.2, 0) is 6.42 Å². The highest BCUT2D eigenvalue weighted by Gasteiger charge is 2.24. The van der Waals surface area contributed by atoms with Crippen molar-refractivity contribution in [2.24, 2.45) is 0 Å². The minimum atomic E-state index is -0.395. The molecule has 0 radical (unpaired) electrons. The van der Waals surface area contributed by atoms with Gasteiger partial charge in [0.15, 0.2) is 0 Å². The fraction of sp³-hybridized carbons (Fsp3) is 0.636. The number of aryl methyl sites for hydroxylation is 1. The first-order chi connectivity index (χ1) is 11.7. The molecule has 1 aliphatic carbocycles. The van der Waals surface area contributed by atoms with Crippen LogP contribution in [0.5, 0.6) is 0 Å². The van der Waals surface area contributed by atoms with Crippen molar-refractivity contribution in [1.29, 1.82) is 0 Å². The molecule has 0 bridgehead atoms. The predicted octanol–water partition coefficient (Wildman–Crippen LogP) is 6.39. The van der Waals surface area contributed by atoms with Crippen LogP contribution in [0.3, 0.4) is 0 Å². The molecule has 2 heteroatoms. The van der Waals surface area contributed by atoms with E-state index in [9.17, 15) is 5.11 Å². The van der Waals surface area contributed by atoms with Crippen molar-refractivity contribution in [1.82, 2.24) is 4.98 Å². The van der Waals surface area contributed by atoms with Gasteiger partial charge in [0.25, 0.3) is 0 Å². The number of hydrogen-bond donors (Lipinski definition) is 2. The third-order valence-electron chi connectivity index (χ3n) is 5.72. The van der Waals surface area contributed by atoms with E-state index in [1.54, 1.807) is 5.56 Å². The van der Waals surface area contributed by atoms with Crippen LogP contribution >= 0.6 is 0 Å². The zero-order valence-electron chi connectivity index (χ0n) is 15.4. The molecule has 3 rings (SSSR count). The summed E-state index contributed by atoms with van der Waals surface area (Å²) in [5.74, 6) is 0.728. The van der Waals surface area contributed by atoms with E-state index in [4.69, 9.17) is 0 Å². The van der Waals surface area contributed by atoms with Crippen LogP contribution in [0.4, 0.5) is 0 Å². The summed E-state index contributed by atoms with van der Waals surface area (Å²) in [5, 5.41) is 11.2. The average Bonchev–Trinajstić information content (AvgIpc) is 2.96. The number of H-pyrrole nitrogens is 1. The summed E-state index contributed by atoms with van der Waals surface area (Å²) < 4.78 is 0. The normalized spacial score (nSPS) is 18.7. The molecule has 0 saturated carbocycles. The molecule has 0 saturated heterocycles. The molecule has 2 N–H and O–H groups in total. The summed E-state index contributed by atoms with van der Waals surface area (Å²) >= 11 is 0. The van der Waals surface area contributed by atoms with Crippen LogP contribution in [0.1, 0.15) is 100 Å². The summed E-state index contributed by atoms with van der Waals surface area (Å²) in [4.78, 5) is 3.65. The molecule has 0 amide bonds. The molecule has 0 fully saturated rings. The Hall–Kier alpha value is -1.28. The number of aliphatic hydroxyl groups is 1. The van der Waals surface area contributed by atoms with E-state index in [0.717, 1.165) is 11.5 Å². The molecule has 0 spiro atoms. The third-order valence-corrected chi connectivity index (χ3v) is 5.72. The van der Waals surface area contributed by atoms with Crippen LogP contribution in [0, 0.1) is 0 Å². The summed E-state index contributed by atoms with van der Waals surface area (Å²) in [7, 11) is 0. The maximum atomic E-state index is 9.83. The zero-order valence-corrected chi connectivity index (χ0v) is 15.4. The molecule has 1 aromatic carbocycles. The van der Waals surface area contributed by atoms with E-state index in [1.165, 1.54) is 80.8 Å². The Morgan fingerprint density at radius 3 is 2.75 bits per heavy atom. The van der Waals surface area contributed by atoms with Crippen LogP contribution in [-0.4, -0.2) is 10.1 Å². The number of aliphatic hydroxyl groups excluding tert-OH is 1. The van der Waals surface area contributed by atoms with Gasteiger partial charge in [-0.25, -0.2) is 0 Å². The van der Waals surface area contributed by atoms with Crippen molar-refractivity contribution in [3.8, 4) is 0 Å². The van der Waals surface area contributed by atoms with Gasteiger partial charge in [-0.2, -0.15) is 0 Å². The summed E-state index contributed by atoms with van der Waals surface area (Å²) in [5.41, 5.74) is 5.26. The summed E-state index contributed by atoms with van der Waals surface area (Å²) in [6, 6.07) is 6.46. The van der Waals surface area contributed by atoms with Crippen molar-refractivity contribution in [2.75, 3.05) is 0 Å². The van der Waals surface area contributed by atoms with Crippen LogP contribution in [0.15, 0.2) is 18.2 Å². The molecule has 2 nitrogen and oxygen atoms in total. The fourth-order valence-electron chi connectivity index (χ4n) is 4.35. The smallest absolute Gasteiger partial charge is 0.0762 e. The fourth-order valence-corrected chi connectivity index (χ4v) is 4.35. The highest BCUT2D eigenvalue weighted by atomic mass is 16.3. The number of aromatic nitrogens is 1. The Bertz CT molecular complexity index is 655. The second-order valence-corrected chi connectivity index (χ2v) is 7.64. The Labute approximate surface area is 146 Å². The van der Waals surface area contributed by atoms with Gasteiger partial charge >= 0.3 is 0 Å². The molecule has 132 valence electrons. The van der Waals surface area contributed by atoms with Gasteiger partial charge in [-0.05, 0) is 55.7 Å². The van der Waals surface area contributed by atoms with E-state index < -0.39 is 6.10 Å². The number of rotatable bonds is 8. The van der Waals surface area contributed by atoms with Gasteiger partial charge in [0.05, 0.1) is 6.10 Å². The van der Waals surface area contributed by atoms with Gasteiger partial charge in [-0.15, -0.1) is 0 Å². The highest BCUT2D eigenvalue weighted by Crippen LogP contribution is 2.40. The molecule has 1 aliphatic rings. The maximum Gasteiger partial charge on any atom is 0.0762 e. The molecule has 2 unspecified atom stereocenters. The number of aromatic amines is 1. The van der Waals surface area contributed by atoms with Crippen molar-refractivity contribution in [3.05, 3.63) is 35.0 Å². The molecular weight excluding hydrogens is 294 g/mol. The lowest BCUT2D eigenvalue weighted by molar-refractivity contribution is 0.199. The predicted molar refractivity (Wildman–Crippen MR) is 103 cm³/mol. The number of fused-ring (bicyclic) bond motifs is 3. The highest BCUT2D eigenvalue weighted by molar-refractivity contribution is 5.86. The van der Waals surface area contributed by atoms with E-state index in [1.807, 2.05) is 6.92 Å². The van der Waals surface area contributed by atoms with E-state index in [-0.39, 0.29) is 0 Å². The third kappa shape index (κ3) is 3.85. The quantitative estimate of drug-likeness (QED) is 0.541. The first-order valence-corrected chi connectivity index (χ1v) is 10.0. The van der Waals surface area contributed by atoms with Gasteiger partial charge in [0.2, 0.25) is 0 Å². The largest absolute Gasteiger partial charge is 0.389 e. The second-order valence-electron chi connectivity index (χ2n) is 7.64. The molecule has 2 atom stereocenters. The Balaban J connectivity index is 1.71. The van der Waals surface area contributed by atoms with Gasteiger partial charge in [-0.1, -0.05) is 57.6 Å². The molecule has 24 heavy (non-hydrogen) atoms. The number of unbranched alkanes of at least 4 members (excludes halogenated alkanes) is 5. The lowest BCUT2D eigenvalue weighted by atomic mass is 9.82. The van der Waals surface area contributed by atoms with E-state index in [0.29, 0.717) is 0 Å². The van der Waals surface area contributed by atoms with E-state index in [2.05, 4.69) is 30.1 Å². The first-order valence-electron chi connectivity index (χ1n) is 10.0. The van der Waals surface area contributed by atoms with Crippen LogP contribution < -0.4 is 0 Å². The van der Waals surface area contributed by atoms with Crippen molar-refractivity contribution in [2.45, 2.75) is 90.1 Å². The van der Waals surface area contributed by atoms with Crippen molar-refractivity contribution < 1.29 is 5.11 Å². The topological polar surface area (TPSA) is 36.0 Å². The number of hydrogen-bond acceptors (Lipinski definition) is 1. The van der Waals surface area contributed by atoms with Crippen LogP contribution in [0.2, 0.25) is 0 Å². The standard InChI is InChI=1S/C22H33NO/c1-3-4-5-6-7-8-10-17-11-9-12-20-22(17)19-14-13-18(16(2)24)15-21(19)23-20/h13-17,23-24H,3-12H2,1-2H3. The molecular formula is C22H33NO. The summed E-state index contributed by atoms with van der Waals surface area (Å²) in [6.45, 7) is 4.12. The van der Waals surface area contributed by atoms with Gasteiger partial charge < -0.3 is 10.1 Å². The molecule has 2 aromatic rings. The molecule has 0 aliphatic heterocycles. The monoisotopic (exact) mass is 327 g/mol.